The van der Waals surface area contributed by atoms with Crippen LogP contribution in [0.2, 0.25) is 0 Å². The molecule has 0 fully saturated rings. The van der Waals surface area contributed by atoms with Gasteiger partial charge in [-0.15, -0.1) is 0 Å². The zero-order valence-corrected chi connectivity index (χ0v) is 17.5. The van der Waals surface area contributed by atoms with Gasteiger partial charge in [0, 0.05) is 17.6 Å². The van der Waals surface area contributed by atoms with E-state index in [1.807, 2.05) is 30.3 Å². The van der Waals surface area contributed by atoms with E-state index in [0.717, 1.165) is 11.0 Å². The summed E-state index contributed by atoms with van der Waals surface area (Å²) in [6, 6.07) is 8.78. The molecule has 0 unspecified atom stereocenters. The lowest BCUT2D eigenvalue weighted by molar-refractivity contribution is 0.0525. The van der Waals surface area contributed by atoms with E-state index >= 15 is 0 Å². The van der Waals surface area contributed by atoms with Gasteiger partial charge in [-0.3, -0.25) is 4.79 Å². The molecule has 1 aliphatic heterocycles. The van der Waals surface area contributed by atoms with E-state index < -0.39 is 21.8 Å². The highest BCUT2D eigenvalue weighted by Crippen LogP contribution is 2.24. The monoisotopic (exact) mass is 416 g/mol. The highest BCUT2D eigenvalue weighted by molar-refractivity contribution is 7.94. The summed E-state index contributed by atoms with van der Waals surface area (Å²) in [4.78, 5) is 30.2. The van der Waals surface area contributed by atoms with E-state index in [9.17, 15) is 18.0 Å². The smallest absolute Gasteiger partial charge is 0.340 e. The molecule has 154 valence electrons. The molecular weight excluding hydrogens is 392 g/mol. The second-order valence-corrected chi connectivity index (χ2v) is 8.92. The third-order valence-electron chi connectivity index (χ3n) is 4.90. The third-order valence-corrected chi connectivity index (χ3v) is 6.28. The molecule has 3 rings (SSSR count). The minimum Gasteiger partial charge on any atom is -0.462 e. The molecular formula is C21H24N2O5S. The lowest BCUT2D eigenvalue weighted by Gasteiger charge is -2.27. The zero-order valence-electron chi connectivity index (χ0n) is 16.6. The number of amides is 1. The summed E-state index contributed by atoms with van der Waals surface area (Å²) in [7, 11) is -3.34. The number of carbonyl (C=O) groups is 2. The number of sulfone groups is 1. The second kappa shape index (κ2) is 8.24. The van der Waals surface area contributed by atoms with Crippen LogP contribution in [0.3, 0.4) is 0 Å². The van der Waals surface area contributed by atoms with Gasteiger partial charge in [0.15, 0.2) is 9.84 Å². The van der Waals surface area contributed by atoms with Gasteiger partial charge in [-0.05, 0) is 38.0 Å². The molecule has 1 aliphatic rings. The molecule has 8 heteroatoms. The molecule has 1 amide bonds. The van der Waals surface area contributed by atoms with Crippen LogP contribution in [0.25, 0.3) is 0 Å². The molecule has 1 N–H and O–H groups in total. The number of nitrogens with one attached hydrogen (secondary N) is 1. The predicted molar refractivity (Wildman–Crippen MR) is 109 cm³/mol. The average Bonchev–Trinajstić information content (AvgIpc) is 3.18. The Balaban J connectivity index is 1.98. The first-order chi connectivity index (χ1) is 13.7. The zero-order chi connectivity index (χ0) is 21.2. The van der Waals surface area contributed by atoms with Gasteiger partial charge in [-0.1, -0.05) is 30.3 Å². The Bertz CT molecular complexity index is 1050. The van der Waals surface area contributed by atoms with Gasteiger partial charge >= 0.3 is 5.97 Å². The number of nitrogens with zero attached hydrogens (tertiary/aromatic N) is 1. The van der Waals surface area contributed by atoms with Crippen molar-refractivity contribution in [3.8, 4) is 0 Å². The molecule has 0 radical (unpaired) electrons. The van der Waals surface area contributed by atoms with Gasteiger partial charge < -0.3 is 14.6 Å². The summed E-state index contributed by atoms with van der Waals surface area (Å²) in [5.74, 6) is -1.01. The van der Waals surface area contributed by atoms with E-state index in [0.29, 0.717) is 16.8 Å². The maximum absolute atomic E-state index is 13.4. The van der Waals surface area contributed by atoms with Gasteiger partial charge in [0.05, 0.1) is 24.0 Å². The van der Waals surface area contributed by atoms with E-state index in [1.54, 1.807) is 20.8 Å². The van der Waals surface area contributed by atoms with Crippen molar-refractivity contribution in [2.75, 3.05) is 12.4 Å². The quantitative estimate of drug-likeness (QED) is 0.731. The van der Waals surface area contributed by atoms with Crippen LogP contribution in [-0.2, 0) is 21.1 Å². The van der Waals surface area contributed by atoms with Crippen molar-refractivity contribution < 1.29 is 22.7 Å². The fourth-order valence-corrected chi connectivity index (χ4v) is 4.79. The van der Waals surface area contributed by atoms with Gasteiger partial charge in [0.2, 0.25) is 0 Å². The topological polar surface area (TPSA) is 96.5 Å². The van der Waals surface area contributed by atoms with Crippen molar-refractivity contribution in [2.24, 2.45) is 0 Å². The van der Waals surface area contributed by atoms with Crippen LogP contribution in [0.15, 0.2) is 41.8 Å². The number of benzene rings is 1. The third kappa shape index (κ3) is 4.42. The first kappa shape index (κ1) is 20.9. The van der Waals surface area contributed by atoms with E-state index in [1.165, 1.54) is 11.0 Å². The Morgan fingerprint density at radius 1 is 1.21 bits per heavy atom. The Kier molecular flexibility index (Phi) is 5.93. The van der Waals surface area contributed by atoms with E-state index in [2.05, 4.69) is 4.98 Å². The fourth-order valence-electron chi connectivity index (χ4n) is 3.49. The number of hydrogen-bond donors (Lipinski definition) is 1. The van der Waals surface area contributed by atoms with Gasteiger partial charge in [-0.25, -0.2) is 13.2 Å². The van der Waals surface area contributed by atoms with Crippen molar-refractivity contribution in [2.45, 2.75) is 33.4 Å². The molecule has 1 atom stereocenters. The van der Waals surface area contributed by atoms with Crippen molar-refractivity contribution >= 4 is 21.7 Å². The number of aromatic nitrogens is 1. The number of aryl methyl sites for hydroxylation is 1. The van der Waals surface area contributed by atoms with Crippen LogP contribution in [0.4, 0.5) is 0 Å². The molecule has 2 heterocycles. The summed E-state index contributed by atoms with van der Waals surface area (Å²) < 4.78 is 29.0. The second-order valence-electron chi connectivity index (χ2n) is 6.99. The van der Waals surface area contributed by atoms with Gasteiger partial charge in [0.1, 0.15) is 5.69 Å². The van der Waals surface area contributed by atoms with E-state index in [4.69, 9.17) is 4.74 Å². The number of H-pyrrole nitrogens is 1. The average molecular weight is 416 g/mol. The van der Waals surface area contributed by atoms with Crippen molar-refractivity contribution in [1.82, 2.24) is 9.88 Å². The summed E-state index contributed by atoms with van der Waals surface area (Å²) in [6.45, 7) is 5.59. The molecule has 0 aliphatic carbocycles. The predicted octanol–water partition coefficient (Wildman–Crippen LogP) is 2.76. The van der Waals surface area contributed by atoms with Crippen molar-refractivity contribution in [3.63, 3.8) is 0 Å². The lowest BCUT2D eigenvalue weighted by atomic mass is 10.1. The minimum absolute atomic E-state index is 0.158. The van der Waals surface area contributed by atoms with Gasteiger partial charge in [-0.2, -0.15) is 0 Å². The largest absolute Gasteiger partial charge is 0.462 e. The van der Waals surface area contributed by atoms with Crippen LogP contribution in [0.5, 0.6) is 0 Å². The maximum Gasteiger partial charge on any atom is 0.340 e. The lowest BCUT2D eigenvalue weighted by Crippen LogP contribution is -2.41. The minimum atomic E-state index is -3.34. The molecule has 29 heavy (non-hydrogen) atoms. The van der Waals surface area contributed by atoms with Crippen LogP contribution >= 0.6 is 0 Å². The molecule has 0 spiro atoms. The van der Waals surface area contributed by atoms with Crippen LogP contribution in [0.1, 0.15) is 44.6 Å². The first-order valence-electron chi connectivity index (χ1n) is 9.35. The number of esters is 1. The summed E-state index contributed by atoms with van der Waals surface area (Å²) in [6.07, 6.45) is 1.54. The molecule has 1 aromatic heterocycles. The molecule has 0 saturated heterocycles. The number of aromatic amines is 1. The molecule has 2 aromatic rings. The Hall–Kier alpha value is -2.87. The molecule has 0 saturated carbocycles. The fraction of sp³-hybridized carbons (Fsp3) is 0.333. The highest BCUT2D eigenvalue weighted by atomic mass is 32.2. The summed E-state index contributed by atoms with van der Waals surface area (Å²) in [5, 5.41) is 1.15. The number of ether oxygens (including phenoxy) is 1. The SMILES string of the molecule is CCOC(=O)c1c(C)[nH]c(C(=O)N(Cc2ccccc2)[C@@H]2C=CS(=O)(=O)C2)c1C. The molecule has 0 bridgehead atoms. The summed E-state index contributed by atoms with van der Waals surface area (Å²) >= 11 is 0. The van der Waals surface area contributed by atoms with E-state index in [-0.39, 0.29) is 30.5 Å². The Morgan fingerprint density at radius 3 is 2.48 bits per heavy atom. The standard InChI is InChI=1S/C21H24N2O5S/c1-4-28-21(25)18-14(2)19(22-15(18)3)20(24)23(12-16-8-6-5-7-9-16)17-10-11-29(26,27)13-17/h5-11,17,22H,4,12-13H2,1-3H3/t17-/m1/s1. The van der Waals surface area contributed by atoms with Crippen LogP contribution in [0, 0.1) is 13.8 Å². The van der Waals surface area contributed by atoms with Crippen molar-refractivity contribution in [3.05, 3.63) is 69.9 Å². The maximum atomic E-state index is 13.4. The Morgan fingerprint density at radius 2 is 1.90 bits per heavy atom. The molecule has 7 nitrogen and oxygen atoms in total. The summed E-state index contributed by atoms with van der Waals surface area (Å²) in [5.41, 5.74) is 2.51. The van der Waals surface area contributed by atoms with Crippen LogP contribution in [-0.4, -0.2) is 48.6 Å². The van der Waals surface area contributed by atoms with Gasteiger partial charge in [0.25, 0.3) is 5.91 Å². The number of carbonyl (C=O) groups excluding carboxylic acids is 2. The number of rotatable bonds is 6. The first-order valence-corrected chi connectivity index (χ1v) is 11.1. The highest BCUT2D eigenvalue weighted by Gasteiger charge is 2.33. The Labute approximate surface area is 170 Å². The normalized spacial score (nSPS) is 17.3. The molecule has 1 aromatic carbocycles. The van der Waals surface area contributed by atoms with Crippen LogP contribution < -0.4 is 0 Å². The van der Waals surface area contributed by atoms with Crippen molar-refractivity contribution in [1.29, 1.82) is 0 Å². The number of hydrogen-bond acceptors (Lipinski definition) is 5.